The third kappa shape index (κ3) is 6.38. The van der Waals surface area contributed by atoms with E-state index in [4.69, 9.17) is 19.9 Å². The van der Waals surface area contributed by atoms with Gasteiger partial charge in [0.1, 0.15) is 31.6 Å². The number of nitrogens with zero attached hydrogens (tertiary/aromatic N) is 4. The predicted molar refractivity (Wildman–Crippen MR) is 105 cm³/mol. The minimum Gasteiger partial charge on any atom is -0.462 e. The van der Waals surface area contributed by atoms with E-state index >= 15 is 0 Å². The number of hydrogen-bond acceptors (Lipinski definition) is 9. The summed E-state index contributed by atoms with van der Waals surface area (Å²) in [5.74, 6) is -0.611. The molecule has 2 aromatic rings. The Balaban J connectivity index is 2.04. The summed E-state index contributed by atoms with van der Waals surface area (Å²) in [6, 6.07) is 0. The van der Waals surface area contributed by atoms with E-state index < -0.39 is 16.9 Å². The standard InChI is InChI=1S/C19H29N5O5/c1-18(2,3)15(25)27-8-12(9-28-16(26)19(4,5)6)29-11-24-10-22-14-13(24)7-21-17(20)23-14/h7,10,12H,8-9,11H2,1-6H3,(H2,20,21,23). The molecule has 160 valence electrons. The first-order chi connectivity index (χ1) is 13.4. The van der Waals surface area contributed by atoms with Gasteiger partial charge in [-0.1, -0.05) is 0 Å². The largest absolute Gasteiger partial charge is 0.462 e. The molecule has 0 aliphatic rings. The molecule has 2 heterocycles. The number of carbonyl (C=O) groups is 2. The Morgan fingerprint density at radius 2 is 1.59 bits per heavy atom. The second-order valence-electron chi connectivity index (χ2n) is 8.77. The maximum absolute atomic E-state index is 12.1. The van der Waals surface area contributed by atoms with Crippen molar-refractivity contribution in [3.05, 3.63) is 12.5 Å². The summed E-state index contributed by atoms with van der Waals surface area (Å²) < 4.78 is 18.2. The number of rotatable bonds is 7. The molecule has 2 aromatic heterocycles. The maximum Gasteiger partial charge on any atom is 0.311 e. The van der Waals surface area contributed by atoms with Crippen molar-refractivity contribution in [3.63, 3.8) is 0 Å². The molecule has 29 heavy (non-hydrogen) atoms. The Kier molecular flexibility index (Phi) is 6.78. The Labute approximate surface area is 169 Å². The van der Waals surface area contributed by atoms with Gasteiger partial charge in [-0.2, -0.15) is 4.98 Å². The summed E-state index contributed by atoms with van der Waals surface area (Å²) >= 11 is 0. The van der Waals surface area contributed by atoms with Crippen LogP contribution in [0.25, 0.3) is 11.2 Å². The van der Waals surface area contributed by atoms with Gasteiger partial charge in [-0.25, -0.2) is 9.97 Å². The van der Waals surface area contributed by atoms with Crippen LogP contribution in [0.2, 0.25) is 0 Å². The highest BCUT2D eigenvalue weighted by molar-refractivity contribution is 5.76. The average molecular weight is 407 g/mol. The maximum atomic E-state index is 12.1. The number of hydrogen-bond donors (Lipinski definition) is 1. The molecular formula is C19H29N5O5. The molecule has 0 radical (unpaired) electrons. The zero-order valence-electron chi connectivity index (χ0n) is 17.8. The molecule has 2 rings (SSSR count). The van der Waals surface area contributed by atoms with E-state index in [0.29, 0.717) is 11.2 Å². The van der Waals surface area contributed by atoms with Crippen LogP contribution in [0, 0.1) is 10.8 Å². The topological polar surface area (TPSA) is 131 Å². The van der Waals surface area contributed by atoms with Crippen LogP contribution in [0.1, 0.15) is 41.5 Å². The summed E-state index contributed by atoms with van der Waals surface area (Å²) in [6.45, 7) is 10.5. The molecule has 0 aliphatic heterocycles. The second-order valence-corrected chi connectivity index (χ2v) is 8.77. The Morgan fingerprint density at radius 3 is 2.10 bits per heavy atom. The van der Waals surface area contributed by atoms with E-state index in [1.165, 1.54) is 6.33 Å². The minimum absolute atomic E-state index is 0.0520. The van der Waals surface area contributed by atoms with E-state index in [-0.39, 0.29) is 37.8 Å². The number of carbonyl (C=O) groups excluding carboxylic acids is 2. The van der Waals surface area contributed by atoms with Gasteiger partial charge in [0, 0.05) is 0 Å². The summed E-state index contributed by atoms with van der Waals surface area (Å²) in [5, 5.41) is 0. The zero-order valence-corrected chi connectivity index (χ0v) is 17.8. The van der Waals surface area contributed by atoms with Crippen molar-refractivity contribution in [1.29, 1.82) is 0 Å². The van der Waals surface area contributed by atoms with Gasteiger partial charge in [-0.05, 0) is 41.5 Å². The molecule has 0 saturated carbocycles. The molecule has 0 aliphatic carbocycles. The number of fused-ring (bicyclic) bond motifs is 1. The molecule has 10 heteroatoms. The fourth-order valence-corrected chi connectivity index (χ4v) is 2.07. The summed E-state index contributed by atoms with van der Waals surface area (Å²) in [6.07, 6.45) is 2.43. The quantitative estimate of drug-likeness (QED) is 0.684. The smallest absolute Gasteiger partial charge is 0.311 e. The summed E-state index contributed by atoms with van der Waals surface area (Å²) in [5.41, 5.74) is 5.34. The molecule has 0 aromatic carbocycles. The second kappa shape index (κ2) is 8.73. The number of nitrogen functional groups attached to an aromatic ring is 1. The first kappa shape index (κ1) is 22.5. The van der Waals surface area contributed by atoms with Gasteiger partial charge in [-0.15, -0.1) is 0 Å². The van der Waals surface area contributed by atoms with Gasteiger partial charge in [0.25, 0.3) is 0 Å². The highest BCUT2D eigenvalue weighted by Crippen LogP contribution is 2.18. The van der Waals surface area contributed by atoms with Crippen LogP contribution in [-0.4, -0.2) is 50.8 Å². The number of anilines is 1. The Bertz CT molecular complexity index is 836. The molecule has 0 fully saturated rings. The SMILES string of the molecule is CC(C)(C)C(=O)OCC(COC(=O)C(C)(C)C)OCn1cnc2nc(N)ncc21. The number of ether oxygens (including phenoxy) is 3. The van der Waals surface area contributed by atoms with Crippen molar-refractivity contribution in [2.45, 2.75) is 54.4 Å². The minimum atomic E-state index is -0.653. The van der Waals surface area contributed by atoms with E-state index in [9.17, 15) is 9.59 Å². The highest BCUT2D eigenvalue weighted by atomic mass is 16.6. The molecule has 0 saturated heterocycles. The lowest BCUT2D eigenvalue weighted by atomic mass is 9.97. The van der Waals surface area contributed by atoms with Crippen molar-refractivity contribution in [3.8, 4) is 0 Å². The zero-order chi connectivity index (χ0) is 21.8. The van der Waals surface area contributed by atoms with Crippen LogP contribution >= 0.6 is 0 Å². The van der Waals surface area contributed by atoms with E-state index in [0.717, 1.165) is 0 Å². The molecule has 0 spiro atoms. The summed E-state index contributed by atoms with van der Waals surface area (Å²) in [7, 11) is 0. The highest BCUT2D eigenvalue weighted by Gasteiger charge is 2.27. The van der Waals surface area contributed by atoms with Crippen LogP contribution in [0.3, 0.4) is 0 Å². The van der Waals surface area contributed by atoms with Crippen molar-refractivity contribution in [1.82, 2.24) is 19.5 Å². The molecule has 10 nitrogen and oxygen atoms in total. The Morgan fingerprint density at radius 1 is 1.03 bits per heavy atom. The van der Waals surface area contributed by atoms with Gasteiger partial charge in [0.15, 0.2) is 5.65 Å². The number of imidazole rings is 1. The molecule has 0 atom stereocenters. The van der Waals surface area contributed by atoms with Crippen molar-refractivity contribution < 1.29 is 23.8 Å². The van der Waals surface area contributed by atoms with Crippen LogP contribution in [0.15, 0.2) is 12.5 Å². The van der Waals surface area contributed by atoms with Gasteiger partial charge in [-0.3, -0.25) is 9.59 Å². The average Bonchev–Trinajstić information content (AvgIpc) is 3.00. The van der Waals surface area contributed by atoms with Crippen LogP contribution in [0.5, 0.6) is 0 Å². The van der Waals surface area contributed by atoms with Gasteiger partial charge < -0.3 is 24.5 Å². The first-order valence-electron chi connectivity index (χ1n) is 9.27. The van der Waals surface area contributed by atoms with Crippen LogP contribution in [0.4, 0.5) is 5.95 Å². The molecular weight excluding hydrogens is 378 g/mol. The van der Waals surface area contributed by atoms with Gasteiger partial charge in [0.2, 0.25) is 5.95 Å². The van der Waals surface area contributed by atoms with Crippen molar-refractivity contribution >= 4 is 29.1 Å². The Hall–Kier alpha value is -2.75. The third-order valence-corrected chi connectivity index (χ3v) is 3.87. The molecule has 2 N–H and O–H groups in total. The number of esters is 2. The van der Waals surface area contributed by atoms with E-state index in [1.54, 1.807) is 52.3 Å². The van der Waals surface area contributed by atoms with Crippen molar-refractivity contribution in [2.75, 3.05) is 18.9 Å². The van der Waals surface area contributed by atoms with E-state index in [1.807, 2.05) is 0 Å². The molecule has 0 amide bonds. The fourth-order valence-electron chi connectivity index (χ4n) is 2.07. The molecule has 0 bridgehead atoms. The number of nitrogens with two attached hydrogens (primary N) is 1. The lowest BCUT2D eigenvalue weighted by Gasteiger charge is -2.23. The molecule has 0 unspecified atom stereocenters. The van der Waals surface area contributed by atoms with Crippen LogP contribution in [-0.2, 0) is 30.5 Å². The van der Waals surface area contributed by atoms with Crippen molar-refractivity contribution in [2.24, 2.45) is 10.8 Å². The van der Waals surface area contributed by atoms with Gasteiger partial charge >= 0.3 is 11.9 Å². The monoisotopic (exact) mass is 407 g/mol. The normalized spacial score (nSPS) is 12.4. The van der Waals surface area contributed by atoms with E-state index in [2.05, 4.69) is 15.0 Å². The first-order valence-corrected chi connectivity index (χ1v) is 9.27. The lowest BCUT2D eigenvalue weighted by molar-refractivity contribution is -0.166. The third-order valence-electron chi connectivity index (χ3n) is 3.87. The van der Waals surface area contributed by atoms with Crippen LogP contribution < -0.4 is 5.73 Å². The summed E-state index contributed by atoms with van der Waals surface area (Å²) in [4.78, 5) is 36.3. The lowest BCUT2D eigenvalue weighted by Crippen LogP contribution is -2.34. The predicted octanol–water partition coefficient (Wildman–Crippen LogP) is 1.93. The fraction of sp³-hybridized carbons (Fsp3) is 0.632. The number of aromatic nitrogens is 4. The van der Waals surface area contributed by atoms with Gasteiger partial charge in [0.05, 0.1) is 23.4 Å².